The van der Waals surface area contributed by atoms with Crippen LogP contribution in [0.4, 0.5) is 5.69 Å². The van der Waals surface area contributed by atoms with Gasteiger partial charge in [-0.1, -0.05) is 37.3 Å². The van der Waals surface area contributed by atoms with Gasteiger partial charge in [-0.3, -0.25) is 9.10 Å². The van der Waals surface area contributed by atoms with Crippen LogP contribution in [-0.2, 0) is 27.7 Å². The normalized spacial score (nSPS) is 15.4. The molecular weight excluding hydrogens is 396 g/mol. The number of aryl methyl sites for hydroxylation is 4. The third-order valence-electron chi connectivity index (χ3n) is 5.91. The van der Waals surface area contributed by atoms with E-state index in [9.17, 15) is 13.2 Å². The first-order chi connectivity index (χ1) is 14.1. The molecule has 1 aliphatic carbocycles. The van der Waals surface area contributed by atoms with Gasteiger partial charge in [0.15, 0.2) is 0 Å². The lowest BCUT2D eigenvalue weighted by Gasteiger charge is -2.32. The van der Waals surface area contributed by atoms with Crippen LogP contribution in [0.5, 0.6) is 0 Å². The molecule has 0 aromatic heterocycles. The van der Waals surface area contributed by atoms with Crippen LogP contribution in [0, 0.1) is 13.8 Å². The molecule has 0 heterocycles. The third-order valence-corrected chi connectivity index (χ3v) is 7.08. The summed E-state index contributed by atoms with van der Waals surface area (Å²) >= 11 is 0. The number of nitrogens with zero attached hydrogens (tertiary/aromatic N) is 1. The predicted molar refractivity (Wildman–Crippen MR) is 122 cm³/mol. The Bertz CT molecular complexity index is 1050. The van der Waals surface area contributed by atoms with Crippen molar-refractivity contribution in [1.29, 1.82) is 0 Å². The van der Waals surface area contributed by atoms with Gasteiger partial charge in [-0.05, 0) is 80.3 Å². The minimum absolute atomic E-state index is 0.197. The Hall–Kier alpha value is -2.34. The molecule has 0 unspecified atom stereocenters. The number of sulfonamides is 1. The average molecular weight is 429 g/mol. The number of fused-ring (bicyclic) bond motifs is 1. The summed E-state index contributed by atoms with van der Waals surface area (Å²) < 4.78 is 26.7. The molecule has 0 saturated carbocycles. The summed E-state index contributed by atoms with van der Waals surface area (Å²) in [6.45, 7) is 7.57. The van der Waals surface area contributed by atoms with Gasteiger partial charge in [0.2, 0.25) is 15.9 Å². The number of rotatable bonds is 7. The van der Waals surface area contributed by atoms with Crippen molar-refractivity contribution >= 4 is 21.6 Å². The molecule has 0 saturated heterocycles. The van der Waals surface area contributed by atoms with E-state index >= 15 is 0 Å². The number of benzene rings is 2. The molecule has 0 spiro atoms. The van der Waals surface area contributed by atoms with Crippen molar-refractivity contribution in [2.24, 2.45) is 0 Å². The van der Waals surface area contributed by atoms with Gasteiger partial charge in [0.1, 0.15) is 6.04 Å². The second-order valence-electron chi connectivity index (χ2n) is 8.38. The van der Waals surface area contributed by atoms with Crippen molar-refractivity contribution in [2.45, 2.75) is 65.5 Å². The fourth-order valence-corrected chi connectivity index (χ4v) is 5.51. The van der Waals surface area contributed by atoms with Crippen molar-refractivity contribution in [3.63, 3.8) is 0 Å². The maximum absolute atomic E-state index is 13.2. The molecule has 2 atom stereocenters. The molecule has 5 nitrogen and oxygen atoms in total. The highest BCUT2D eigenvalue weighted by Crippen LogP contribution is 2.29. The van der Waals surface area contributed by atoms with Crippen molar-refractivity contribution in [3.05, 3.63) is 64.2 Å². The second kappa shape index (κ2) is 8.80. The zero-order valence-corrected chi connectivity index (χ0v) is 19.3. The van der Waals surface area contributed by atoms with Crippen LogP contribution in [-0.4, -0.2) is 26.6 Å². The molecule has 30 heavy (non-hydrogen) atoms. The van der Waals surface area contributed by atoms with Gasteiger partial charge < -0.3 is 5.32 Å². The summed E-state index contributed by atoms with van der Waals surface area (Å²) in [4.78, 5) is 13.2. The summed E-state index contributed by atoms with van der Waals surface area (Å²) in [5.41, 5.74) is 6.13. The first kappa shape index (κ1) is 22.3. The third kappa shape index (κ3) is 4.69. The van der Waals surface area contributed by atoms with E-state index in [0.29, 0.717) is 12.1 Å². The Labute approximate surface area is 180 Å². The first-order valence-electron chi connectivity index (χ1n) is 10.6. The van der Waals surface area contributed by atoms with E-state index in [-0.39, 0.29) is 11.9 Å². The first-order valence-corrected chi connectivity index (χ1v) is 12.5. The minimum Gasteiger partial charge on any atom is -0.348 e. The summed E-state index contributed by atoms with van der Waals surface area (Å²) in [7, 11) is -3.65. The SMILES string of the molecule is CC[C@@H](C(=O)N[C@H](C)c1ccc2c(c1)CCC2)N(c1cc(C)ccc1C)S(C)(=O)=O. The van der Waals surface area contributed by atoms with Crippen LogP contribution in [0.2, 0.25) is 0 Å². The van der Waals surface area contributed by atoms with E-state index in [4.69, 9.17) is 0 Å². The number of hydrogen-bond donors (Lipinski definition) is 1. The van der Waals surface area contributed by atoms with E-state index < -0.39 is 16.1 Å². The average Bonchev–Trinajstić information content (AvgIpc) is 3.14. The molecule has 1 amide bonds. The molecule has 162 valence electrons. The van der Waals surface area contributed by atoms with Gasteiger partial charge >= 0.3 is 0 Å². The number of carbonyl (C=O) groups is 1. The Morgan fingerprint density at radius 1 is 1.10 bits per heavy atom. The quantitative estimate of drug-likeness (QED) is 0.718. The maximum atomic E-state index is 13.2. The van der Waals surface area contributed by atoms with Crippen molar-refractivity contribution in [2.75, 3.05) is 10.6 Å². The van der Waals surface area contributed by atoms with Gasteiger partial charge in [-0.2, -0.15) is 0 Å². The summed E-state index contributed by atoms with van der Waals surface area (Å²) in [5.74, 6) is -0.281. The van der Waals surface area contributed by atoms with Gasteiger partial charge in [-0.25, -0.2) is 8.42 Å². The lowest BCUT2D eigenvalue weighted by atomic mass is 10.0. The van der Waals surface area contributed by atoms with Crippen molar-refractivity contribution in [3.8, 4) is 0 Å². The summed E-state index contributed by atoms with van der Waals surface area (Å²) in [5, 5.41) is 3.05. The van der Waals surface area contributed by atoms with Gasteiger partial charge in [-0.15, -0.1) is 0 Å². The van der Waals surface area contributed by atoms with Gasteiger partial charge in [0, 0.05) is 0 Å². The molecular formula is C24H32N2O3S. The number of amides is 1. The van der Waals surface area contributed by atoms with Crippen LogP contribution >= 0.6 is 0 Å². The molecule has 2 aromatic carbocycles. The fourth-order valence-electron chi connectivity index (χ4n) is 4.25. The van der Waals surface area contributed by atoms with E-state index in [1.54, 1.807) is 0 Å². The van der Waals surface area contributed by atoms with Crippen LogP contribution in [0.3, 0.4) is 0 Å². The molecule has 1 N–H and O–H groups in total. The molecule has 1 aliphatic rings. The van der Waals surface area contributed by atoms with Crippen LogP contribution in [0.25, 0.3) is 0 Å². The van der Waals surface area contributed by atoms with Gasteiger partial charge in [0.05, 0.1) is 18.0 Å². The van der Waals surface area contributed by atoms with E-state index in [2.05, 4.69) is 23.5 Å². The monoisotopic (exact) mass is 428 g/mol. The standard InChI is InChI=1S/C24H32N2O3S/c1-6-22(26(30(5,28)29)23-14-16(2)10-11-17(23)3)24(27)25-18(4)20-13-12-19-8-7-9-21(19)15-20/h10-15,18,22H,6-9H2,1-5H3,(H,25,27)/t18-,22+/m1/s1. The lowest BCUT2D eigenvalue weighted by molar-refractivity contribution is -0.122. The van der Waals surface area contributed by atoms with Crippen LogP contribution in [0.15, 0.2) is 36.4 Å². The highest BCUT2D eigenvalue weighted by Gasteiger charge is 2.33. The minimum atomic E-state index is -3.65. The van der Waals surface area contributed by atoms with E-state index in [0.717, 1.165) is 35.8 Å². The molecule has 2 aromatic rings. The smallest absolute Gasteiger partial charge is 0.244 e. The van der Waals surface area contributed by atoms with Crippen LogP contribution < -0.4 is 9.62 Å². The molecule has 0 fully saturated rings. The lowest BCUT2D eigenvalue weighted by Crippen LogP contribution is -2.50. The number of anilines is 1. The number of hydrogen-bond acceptors (Lipinski definition) is 3. The van der Waals surface area contributed by atoms with Crippen LogP contribution in [0.1, 0.15) is 60.5 Å². The highest BCUT2D eigenvalue weighted by molar-refractivity contribution is 7.92. The van der Waals surface area contributed by atoms with Crippen molar-refractivity contribution < 1.29 is 13.2 Å². The zero-order valence-electron chi connectivity index (χ0n) is 18.5. The largest absolute Gasteiger partial charge is 0.348 e. The molecule has 3 rings (SSSR count). The number of nitrogens with one attached hydrogen (secondary N) is 1. The molecule has 0 radical (unpaired) electrons. The van der Waals surface area contributed by atoms with Gasteiger partial charge in [0.25, 0.3) is 0 Å². The van der Waals surface area contributed by atoms with E-state index in [1.807, 2.05) is 45.9 Å². The number of carbonyl (C=O) groups excluding carboxylic acids is 1. The molecule has 0 aliphatic heterocycles. The highest BCUT2D eigenvalue weighted by atomic mass is 32.2. The maximum Gasteiger partial charge on any atom is 0.244 e. The van der Waals surface area contributed by atoms with Crippen molar-refractivity contribution in [1.82, 2.24) is 5.32 Å². The Balaban J connectivity index is 1.88. The summed E-state index contributed by atoms with van der Waals surface area (Å²) in [6, 6.07) is 11.0. The predicted octanol–water partition coefficient (Wildman–Crippen LogP) is 4.21. The zero-order chi connectivity index (χ0) is 22.1. The molecule has 0 bridgehead atoms. The second-order valence-corrected chi connectivity index (χ2v) is 10.2. The summed E-state index contributed by atoms with van der Waals surface area (Å²) in [6.07, 6.45) is 4.91. The molecule has 6 heteroatoms. The Morgan fingerprint density at radius 3 is 2.47 bits per heavy atom. The van der Waals surface area contributed by atoms with E-state index in [1.165, 1.54) is 21.9 Å². The fraction of sp³-hybridized carbons (Fsp3) is 0.458. The topological polar surface area (TPSA) is 66.5 Å². The Kier molecular flexibility index (Phi) is 6.56. The Morgan fingerprint density at radius 2 is 1.80 bits per heavy atom.